The van der Waals surface area contributed by atoms with Gasteiger partial charge in [-0.2, -0.15) is 0 Å². The average molecular weight is 725 g/mol. The predicted octanol–water partition coefficient (Wildman–Crippen LogP) is 15.2. The van der Waals surface area contributed by atoms with E-state index < -0.39 is 0 Å². The molecule has 4 heteroatoms. The van der Waals surface area contributed by atoms with E-state index in [1.807, 2.05) is 23.5 Å². The lowest BCUT2D eigenvalue weighted by Gasteiger charge is -2.37. The first-order chi connectivity index (χ1) is 26.8. The Labute approximate surface area is 323 Å². The Hall–Kier alpha value is -6.20. The Morgan fingerprint density at radius 1 is 0.259 bits per heavy atom. The van der Waals surface area contributed by atoms with Crippen molar-refractivity contribution in [2.75, 3.05) is 9.80 Å². The first-order valence-electron chi connectivity index (χ1n) is 18.3. The maximum Gasteiger partial charge on any atom is 0.0601 e. The fourth-order valence-corrected chi connectivity index (χ4v) is 10.5. The van der Waals surface area contributed by atoms with Gasteiger partial charge >= 0.3 is 0 Å². The molecule has 0 saturated carbocycles. The third-order valence-corrected chi connectivity index (χ3v) is 12.9. The first kappa shape index (κ1) is 31.3. The summed E-state index contributed by atoms with van der Waals surface area (Å²) in [5.74, 6) is 0. The Morgan fingerprint density at radius 2 is 0.556 bits per heavy atom. The number of benzene rings is 9. The van der Waals surface area contributed by atoms with Gasteiger partial charge in [0.1, 0.15) is 0 Å². The summed E-state index contributed by atoms with van der Waals surface area (Å²) in [4.78, 5) is 10.0. The maximum atomic E-state index is 2.51. The number of anilines is 6. The lowest BCUT2D eigenvalue weighted by molar-refractivity contribution is 1.16. The van der Waals surface area contributed by atoms with Gasteiger partial charge in [-0.05, 0) is 93.7 Å². The van der Waals surface area contributed by atoms with Gasteiger partial charge in [-0.25, -0.2) is 0 Å². The van der Waals surface area contributed by atoms with Crippen molar-refractivity contribution in [3.8, 4) is 22.3 Å². The van der Waals surface area contributed by atoms with Crippen LogP contribution in [0.4, 0.5) is 34.1 Å². The quantitative estimate of drug-likeness (QED) is 0.167. The van der Waals surface area contributed by atoms with E-state index in [0.717, 1.165) is 11.4 Å². The lowest BCUT2D eigenvalue weighted by Crippen LogP contribution is -2.18. The molecule has 0 saturated heterocycles. The zero-order chi connectivity index (χ0) is 35.6. The van der Waals surface area contributed by atoms with Crippen molar-refractivity contribution in [3.05, 3.63) is 194 Å². The molecular weight excluding hydrogens is 693 g/mol. The highest BCUT2D eigenvalue weighted by Crippen LogP contribution is 2.59. The molecule has 2 heterocycles. The molecule has 54 heavy (non-hydrogen) atoms. The first-order valence-corrected chi connectivity index (χ1v) is 19.9. The molecule has 9 aromatic rings. The summed E-state index contributed by atoms with van der Waals surface area (Å²) in [5.41, 5.74) is 11.9. The molecule has 0 aromatic heterocycles. The van der Waals surface area contributed by atoms with Crippen molar-refractivity contribution >= 4 is 79.2 Å². The molecule has 254 valence electrons. The molecule has 0 unspecified atom stereocenters. The van der Waals surface area contributed by atoms with Gasteiger partial charge in [0.2, 0.25) is 0 Å². The second-order valence-electron chi connectivity index (χ2n) is 13.6. The molecular formula is C50H32N2S2. The molecule has 0 amide bonds. The number of fused-ring (bicyclic) bond motifs is 6. The van der Waals surface area contributed by atoms with E-state index in [-0.39, 0.29) is 0 Å². The largest absolute Gasteiger partial charge is 0.308 e. The summed E-state index contributed by atoms with van der Waals surface area (Å²) in [7, 11) is 0. The van der Waals surface area contributed by atoms with Gasteiger partial charge in [-0.3, -0.25) is 0 Å². The summed E-state index contributed by atoms with van der Waals surface area (Å²) < 4.78 is 0. The molecule has 0 aliphatic carbocycles. The number of rotatable bonds is 4. The summed E-state index contributed by atoms with van der Waals surface area (Å²) in [6.45, 7) is 0. The fourth-order valence-electron chi connectivity index (χ4n) is 8.39. The van der Waals surface area contributed by atoms with Crippen LogP contribution in [0, 0.1) is 0 Å². The zero-order valence-corrected chi connectivity index (χ0v) is 30.8. The second-order valence-corrected chi connectivity index (χ2v) is 15.8. The molecule has 0 spiro atoms. The Kier molecular flexibility index (Phi) is 7.39. The van der Waals surface area contributed by atoms with Crippen molar-refractivity contribution in [1.29, 1.82) is 0 Å². The third-order valence-electron chi connectivity index (χ3n) is 10.6. The van der Waals surface area contributed by atoms with E-state index in [1.165, 1.54) is 86.1 Å². The predicted molar refractivity (Wildman–Crippen MR) is 230 cm³/mol. The van der Waals surface area contributed by atoms with Crippen molar-refractivity contribution in [2.45, 2.75) is 19.6 Å². The van der Waals surface area contributed by atoms with Crippen LogP contribution in [0.1, 0.15) is 0 Å². The lowest BCUT2D eigenvalue weighted by atomic mass is 9.84. The van der Waals surface area contributed by atoms with E-state index in [1.54, 1.807) is 0 Å². The molecule has 0 atom stereocenters. The Bertz CT molecular complexity index is 2610. The van der Waals surface area contributed by atoms with Crippen LogP contribution in [0.25, 0.3) is 43.8 Å². The number of hydrogen-bond acceptors (Lipinski definition) is 4. The van der Waals surface area contributed by atoms with E-state index in [2.05, 4.69) is 204 Å². The number of hydrogen-bond donors (Lipinski definition) is 0. The highest BCUT2D eigenvalue weighted by Gasteiger charge is 2.32. The monoisotopic (exact) mass is 724 g/mol. The smallest absolute Gasteiger partial charge is 0.0601 e. The van der Waals surface area contributed by atoms with Crippen molar-refractivity contribution in [3.63, 3.8) is 0 Å². The van der Waals surface area contributed by atoms with E-state index in [0.29, 0.717) is 0 Å². The second kappa shape index (κ2) is 12.7. The minimum atomic E-state index is 1.16. The van der Waals surface area contributed by atoms with Crippen LogP contribution in [0.3, 0.4) is 0 Å². The topological polar surface area (TPSA) is 6.48 Å². The van der Waals surface area contributed by atoms with Crippen LogP contribution >= 0.6 is 23.5 Å². The highest BCUT2D eigenvalue weighted by molar-refractivity contribution is 8.00. The van der Waals surface area contributed by atoms with Gasteiger partial charge in [0.25, 0.3) is 0 Å². The Balaban J connectivity index is 1.38. The third kappa shape index (κ3) is 4.84. The summed E-state index contributed by atoms with van der Waals surface area (Å²) in [6.07, 6.45) is 0. The molecule has 2 nitrogen and oxygen atoms in total. The van der Waals surface area contributed by atoms with E-state index >= 15 is 0 Å². The van der Waals surface area contributed by atoms with Crippen molar-refractivity contribution in [2.24, 2.45) is 0 Å². The minimum Gasteiger partial charge on any atom is -0.308 e. The van der Waals surface area contributed by atoms with Crippen LogP contribution in [-0.2, 0) is 0 Å². The fraction of sp³-hybridized carbons (Fsp3) is 0. The van der Waals surface area contributed by atoms with Crippen LogP contribution in [0.15, 0.2) is 214 Å². The number of nitrogens with zero attached hydrogens (tertiary/aromatic N) is 2. The molecule has 0 N–H and O–H groups in total. The van der Waals surface area contributed by atoms with Gasteiger partial charge in [0.15, 0.2) is 0 Å². The molecule has 11 rings (SSSR count). The van der Waals surface area contributed by atoms with Crippen LogP contribution < -0.4 is 9.80 Å². The SMILES string of the molecule is c1ccc(-c2c3ccccc3c(-c3ccccc3)c3c(N4c5ccccc5Sc5ccccc54)ccc(N4c5ccccc5Sc5ccccc54)c23)cc1. The van der Waals surface area contributed by atoms with Crippen LogP contribution in [0.2, 0.25) is 0 Å². The van der Waals surface area contributed by atoms with Gasteiger partial charge < -0.3 is 9.80 Å². The number of para-hydroxylation sites is 4. The summed E-state index contributed by atoms with van der Waals surface area (Å²) >= 11 is 3.70. The summed E-state index contributed by atoms with van der Waals surface area (Å²) in [5, 5.41) is 4.91. The minimum absolute atomic E-state index is 1.16. The zero-order valence-electron chi connectivity index (χ0n) is 29.2. The van der Waals surface area contributed by atoms with Gasteiger partial charge in [-0.1, -0.05) is 157 Å². The summed E-state index contributed by atoms with van der Waals surface area (Å²) in [6, 6.07) is 71.1. The van der Waals surface area contributed by atoms with Gasteiger partial charge in [0, 0.05) is 30.4 Å². The van der Waals surface area contributed by atoms with Gasteiger partial charge in [0.05, 0.1) is 34.1 Å². The van der Waals surface area contributed by atoms with Crippen molar-refractivity contribution < 1.29 is 0 Å². The van der Waals surface area contributed by atoms with E-state index in [9.17, 15) is 0 Å². The molecule has 9 aromatic carbocycles. The average Bonchev–Trinajstić information content (AvgIpc) is 3.24. The van der Waals surface area contributed by atoms with E-state index in [4.69, 9.17) is 0 Å². The normalized spacial score (nSPS) is 13.0. The molecule has 2 aliphatic heterocycles. The van der Waals surface area contributed by atoms with Crippen molar-refractivity contribution in [1.82, 2.24) is 0 Å². The highest BCUT2D eigenvalue weighted by atomic mass is 32.2. The standard InChI is InChI=1S/C50H32N2S2/c1-3-17-33(18-4-1)47-35-21-7-8-22-36(35)48(34-19-5-2-6-20-34)50-42(52-39-25-11-15-29-45(39)54-46-30-16-12-26-40(46)52)32-31-41(49(47)50)51-37-23-9-13-27-43(37)53-44-28-14-10-24-38(44)51/h1-32H. The molecule has 2 aliphatic rings. The van der Waals surface area contributed by atoms with Gasteiger partial charge in [-0.15, -0.1) is 0 Å². The molecule has 0 fully saturated rings. The van der Waals surface area contributed by atoms with Crippen LogP contribution in [0.5, 0.6) is 0 Å². The van der Waals surface area contributed by atoms with Crippen LogP contribution in [-0.4, -0.2) is 0 Å². The molecule has 0 radical (unpaired) electrons. The maximum absolute atomic E-state index is 2.51. The Morgan fingerprint density at radius 3 is 0.907 bits per heavy atom. The molecule has 0 bridgehead atoms.